The molecule has 3 heteroatoms. The summed E-state index contributed by atoms with van der Waals surface area (Å²) in [4.78, 5) is 2.44. The van der Waals surface area contributed by atoms with Gasteiger partial charge in [0.25, 0.3) is 0 Å². The van der Waals surface area contributed by atoms with Crippen molar-refractivity contribution in [2.45, 2.75) is 40.3 Å². The molecule has 1 atom stereocenters. The molecule has 1 unspecified atom stereocenters. The predicted molar refractivity (Wildman–Crippen MR) is 81.7 cm³/mol. The van der Waals surface area contributed by atoms with Crippen molar-refractivity contribution in [2.24, 2.45) is 0 Å². The van der Waals surface area contributed by atoms with Gasteiger partial charge in [-0.25, -0.2) is 0 Å². The van der Waals surface area contributed by atoms with E-state index < -0.39 is 0 Å². The Hall–Kier alpha value is -1.06. The lowest BCUT2D eigenvalue weighted by molar-refractivity contribution is 0.270. The van der Waals surface area contributed by atoms with E-state index in [1.54, 1.807) is 0 Å². The van der Waals surface area contributed by atoms with Crippen LogP contribution in [0.1, 0.15) is 33.3 Å². The molecule has 1 rings (SSSR count). The van der Waals surface area contributed by atoms with Crippen molar-refractivity contribution in [3.05, 3.63) is 29.8 Å². The van der Waals surface area contributed by atoms with Crippen molar-refractivity contribution >= 4 is 0 Å². The molecular formula is C16H28N2O. The topological polar surface area (TPSA) is 24.5 Å². The third-order valence-electron chi connectivity index (χ3n) is 3.32. The summed E-state index contributed by atoms with van der Waals surface area (Å²) in [6.07, 6.45) is 0. The second kappa shape index (κ2) is 8.94. The van der Waals surface area contributed by atoms with Gasteiger partial charge < -0.3 is 15.0 Å². The quantitative estimate of drug-likeness (QED) is 0.742. The zero-order chi connectivity index (χ0) is 14.1. The molecule has 0 saturated heterocycles. The van der Waals surface area contributed by atoms with Crippen LogP contribution in [0.4, 0.5) is 0 Å². The molecule has 0 spiro atoms. The molecule has 0 fully saturated rings. The Bertz CT molecular complexity index is 333. The van der Waals surface area contributed by atoms with Crippen LogP contribution in [0, 0.1) is 0 Å². The SMILES string of the molecule is CCOc1ccc(CNC(C)CN(CC)CC)cc1. The molecule has 0 aliphatic heterocycles. The lowest BCUT2D eigenvalue weighted by Gasteiger charge is -2.23. The highest BCUT2D eigenvalue weighted by molar-refractivity contribution is 5.27. The van der Waals surface area contributed by atoms with Gasteiger partial charge in [-0.1, -0.05) is 26.0 Å². The first-order chi connectivity index (χ1) is 9.19. The monoisotopic (exact) mass is 264 g/mol. The van der Waals surface area contributed by atoms with E-state index in [4.69, 9.17) is 4.74 Å². The van der Waals surface area contributed by atoms with Gasteiger partial charge >= 0.3 is 0 Å². The summed E-state index contributed by atoms with van der Waals surface area (Å²) < 4.78 is 5.44. The Morgan fingerprint density at radius 3 is 2.26 bits per heavy atom. The molecule has 0 heterocycles. The van der Waals surface area contributed by atoms with E-state index in [2.05, 4.69) is 43.1 Å². The van der Waals surface area contributed by atoms with Crippen LogP contribution in [-0.4, -0.2) is 37.2 Å². The Labute approximate surface area is 118 Å². The number of nitrogens with zero attached hydrogens (tertiary/aromatic N) is 1. The average Bonchev–Trinajstić information content (AvgIpc) is 2.44. The van der Waals surface area contributed by atoms with Crippen LogP contribution in [0.2, 0.25) is 0 Å². The summed E-state index contributed by atoms with van der Waals surface area (Å²) in [5.74, 6) is 0.947. The lowest BCUT2D eigenvalue weighted by Crippen LogP contribution is -2.38. The number of hydrogen-bond acceptors (Lipinski definition) is 3. The van der Waals surface area contributed by atoms with Crippen LogP contribution in [0.15, 0.2) is 24.3 Å². The van der Waals surface area contributed by atoms with Crippen molar-refractivity contribution in [1.29, 1.82) is 0 Å². The van der Waals surface area contributed by atoms with Gasteiger partial charge in [0, 0.05) is 19.1 Å². The minimum absolute atomic E-state index is 0.506. The van der Waals surface area contributed by atoms with Crippen LogP contribution in [-0.2, 0) is 6.54 Å². The lowest BCUT2D eigenvalue weighted by atomic mass is 10.2. The molecule has 3 nitrogen and oxygen atoms in total. The predicted octanol–water partition coefficient (Wildman–Crippen LogP) is 2.91. The highest BCUT2D eigenvalue weighted by atomic mass is 16.5. The Morgan fingerprint density at radius 1 is 1.11 bits per heavy atom. The standard InChI is InChI=1S/C16H28N2O/c1-5-18(6-2)13-14(4)17-12-15-8-10-16(11-9-15)19-7-3/h8-11,14,17H,5-7,12-13H2,1-4H3. The number of likely N-dealkylation sites (N-methyl/N-ethyl adjacent to an activating group) is 1. The second-order valence-electron chi connectivity index (χ2n) is 4.84. The molecule has 108 valence electrons. The zero-order valence-electron chi connectivity index (χ0n) is 12.8. The number of benzene rings is 1. The van der Waals surface area contributed by atoms with E-state index in [9.17, 15) is 0 Å². The molecule has 1 aromatic rings. The van der Waals surface area contributed by atoms with Gasteiger partial charge in [0.15, 0.2) is 0 Å². The molecule has 1 aromatic carbocycles. The maximum atomic E-state index is 5.44. The van der Waals surface area contributed by atoms with Gasteiger partial charge in [-0.05, 0) is 44.6 Å². The van der Waals surface area contributed by atoms with Crippen LogP contribution in [0.3, 0.4) is 0 Å². The van der Waals surface area contributed by atoms with Gasteiger partial charge in [0.1, 0.15) is 5.75 Å². The third kappa shape index (κ3) is 6.08. The fourth-order valence-corrected chi connectivity index (χ4v) is 2.10. The van der Waals surface area contributed by atoms with Crippen LogP contribution in [0.5, 0.6) is 5.75 Å². The van der Waals surface area contributed by atoms with E-state index in [1.165, 1.54) is 5.56 Å². The van der Waals surface area contributed by atoms with Gasteiger partial charge in [-0.2, -0.15) is 0 Å². The first-order valence-corrected chi connectivity index (χ1v) is 7.37. The fourth-order valence-electron chi connectivity index (χ4n) is 2.10. The molecule has 0 aliphatic rings. The zero-order valence-corrected chi connectivity index (χ0v) is 12.8. The summed E-state index contributed by atoms with van der Waals surface area (Å²) in [6.45, 7) is 13.6. The largest absolute Gasteiger partial charge is 0.494 e. The fraction of sp³-hybridized carbons (Fsp3) is 0.625. The van der Waals surface area contributed by atoms with Crippen LogP contribution in [0.25, 0.3) is 0 Å². The molecular weight excluding hydrogens is 236 g/mol. The van der Waals surface area contributed by atoms with Crippen LogP contribution < -0.4 is 10.1 Å². The molecule has 19 heavy (non-hydrogen) atoms. The van der Waals surface area contributed by atoms with Crippen molar-refractivity contribution in [3.8, 4) is 5.75 Å². The van der Waals surface area contributed by atoms with Crippen molar-refractivity contribution in [1.82, 2.24) is 10.2 Å². The van der Waals surface area contributed by atoms with Crippen molar-refractivity contribution in [2.75, 3.05) is 26.2 Å². The Balaban J connectivity index is 2.35. The normalized spacial score (nSPS) is 12.7. The Kier molecular flexibility index (Phi) is 7.53. The Morgan fingerprint density at radius 2 is 1.74 bits per heavy atom. The minimum atomic E-state index is 0.506. The molecule has 1 N–H and O–H groups in total. The maximum Gasteiger partial charge on any atom is 0.119 e. The molecule has 0 bridgehead atoms. The number of ether oxygens (including phenoxy) is 1. The van der Waals surface area contributed by atoms with Gasteiger partial charge in [0.2, 0.25) is 0 Å². The molecule has 0 aromatic heterocycles. The summed E-state index contributed by atoms with van der Waals surface area (Å²) in [6, 6.07) is 8.83. The summed E-state index contributed by atoms with van der Waals surface area (Å²) in [5.41, 5.74) is 1.30. The number of rotatable bonds is 9. The molecule has 0 aliphatic carbocycles. The average molecular weight is 264 g/mol. The van der Waals surface area contributed by atoms with Crippen LogP contribution >= 0.6 is 0 Å². The summed E-state index contributed by atoms with van der Waals surface area (Å²) in [5, 5.41) is 3.57. The molecule has 0 amide bonds. The number of nitrogens with one attached hydrogen (secondary N) is 1. The first kappa shape index (κ1) is 16.0. The minimum Gasteiger partial charge on any atom is -0.494 e. The van der Waals surface area contributed by atoms with Crippen molar-refractivity contribution in [3.63, 3.8) is 0 Å². The van der Waals surface area contributed by atoms with E-state index in [0.29, 0.717) is 6.04 Å². The van der Waals surface area contributed by atoms with E-state index in [-0.39, 0.29) is 0 Å². The van der Waals surface area contributed by atoms with Gasteiger partial charge in [0.05, 0.1) is 6.61 Å². The van der Waals surface area contributed by atoms with E-state index in [1.807, 2.05) is 19.1 Å². The number of hydrogen-bond donors (Lipinski definition) is 1. The van der Waals surface area contributed by atoms with E-state index >= 15 is 0 Å². The van der Waals surface area contributed by atoms with Gasteiger partial charge in [-0.3, -0.25) is 0 Å². The first-order valence-electron chi connectivity index (χ1n) is 7.37. The maximum absolute atomic E-state index is 5.44. The van der Waals surface area contributed by atoms with E-state index in [0.717, 1.165) is 38.5 Å². The smallest absolute Gasteiger partial charge is 0.119 e. The molecule has 0 saturated carbocycles. The third-order valence-corrected chi connectivity index (χ3v) is 3.32. The summed E-state index contributed by atoms with van der Waals surface area (Å²) >= 11 is 0. The second-order valence-corrected chi connectivity index (χ2v) is 4.84. The summed E-state index contributed by atoms with van der Waals surface area (Å²) in [7, 11) is 0. The highest BCUT2D eigenvalue weighted by Gasteiger charge is 2.06. The highest BCUT2D eigenvalue weighted by Crippen LogP contribution is 2.12. The van der Waals surface area contributed by atoms with Crippen molar-refractivity contribution < 1.29 is 4.74 Å². The van der Waals surface area contributed by atoms with Gasteiger partial charge in [-0.15, -0.1) is 0 Å². The molecule has 0 radical (unpaired) electrons.